The van der Waals surface area contributed by atoms with Crippen LogP contribution in [0.5, 0.6) is 0 Å². The molecule has 4 aromatic carbocycles. The molecule has 1 aromatic heterocycles. The number of aromatic nitrogens is 2. The monoisotopic (exact) mass is 487 g/mol. The quantitative estimate of drug-likeness (QED) is 0.269. The maximum atomic E-state index is 13.0. The second-order valence-electron chi connectivity index (χ2n) is 9.32. The Kier molecular flexibility index (Phi) is 6.92. The summed E-state index contributed by atoms with van der Waals surface area (Å²) in [6.45, 7) is 2.81. The minimum atomic E-state index is -0.148. The summed E-state index contributed by atoms with van der Waals surface area (Å²) in [5, 5.41) is 7.35. The Bertz CT molecular complexity index is 1550. The Morgan fingerprint density at radius 3 is 2.32 bits per heavy atom. The molecule has 5 rings (SSSR count). The summed E-state index contributed by atoms with van der Waals surface area (Å²) in [5.74, 6) is 0.355. The summed E-state index contributed by atoms with van der Waals surface area (Å²) >= 11 is 0. The van der Waals surface area contributed by atoms with Gasteiger partial charge in [0.05, 0.1) is 11.2 Å². The molecule has 0 bridgehead atoms. The molecule has 0 saturated heterocycles. The number of rotatable bonds is 7. The van der Waals surface area contributed by atoms with Crippen LogP contribution in [0, 0.1) is 6.92 Å². The SMILES string of the molecule is Cc1ccc(CN(C)C)cc1NC(=O)c1ccc(Nc2nc(-c3ccccc3)c3ccccc3n2)cc1. The van der Waals surface area contributed by atoms with Gasteiger partial charge in [0.25, 0.3) is 5.91 Å². The lowest BCUT2D eigenvalue weighted by Gasteiger charge is -2.14. The number of carbonyl (C=O) groups excluding carboxylic acids is 1. The standard InChI is InChI=1S/C31H29N5O/c1-21-13-14-22(20-36(2)3)19-28(21)33-30(37)24-15-17-25(18-16-24)32-31-34-27-12-8-7-11-26(27)29(35-31)23-9-5-4-6-10-23/h4-19H,20H2,1-3H3,(H,33,37)(H,32,34,35). The van der Waals surface area contributed by atoms with Crippen molar-refractivity contribution in [1.82, 2.24) is 14.9 Å². The van der Waals surface area contributed by atoms with E-state index < -0.39 is 0 Å². The van der Waals surface area contributed by atoms with E-state index in [9.17, 15) is 4.79 Å². The van der Waals surface area contributed by atoms with Crippen molar-refractivity contribution in [3.05, 3.63) is 114 Å². The second-order valence-corrected chi connectivity index (χ2v) is 9.32. The molecule has 2 N–H and O–H groups in total. The Hall–Kier alpha value is -4.55. The van der Waals surface area contributed by atoms with Gasteiger partial charge in [-0.2, -0.15) is 0 Å². The molecule has 0 aliphatic rings. The number of nitrogens with one attached hydrogen (secondary N) is 2. The zero-order chi connectivity index (χ0) is 25.8. The first-order valence-electron chi connectivity index (χ1n) is 12.2. The van der Waals surface area contributed by atoms with E-state index in [1.165, 1.54) is 0 Å². The van der Waals surface area contributed by atoms with Gasteiger partial charge in [-0.1, -0.05) is 60.7 Å². The summed E-state index contributed by atoms with van der Waals surface area (Å²) in [7, 11) is 4.05. The van der Waals surface area contributed by atoms with Crippen LogP contribution >= 0.6 is 0 Å². The largest absolute Gasteiger partial charge is 0.324 e. The summed E-state index contributed by atoms with van der Waals surface area (Å²) < 4.78 is 0. The van der Waals surface area contributed by atoms with Crippen molar-refractivity contribution in [2.45, 2.75) is 13.5 Å². The van der Waals surface area contributed by atoms with Gasteiger partial charge in [-0.15, -0.1) is 0 Å². The molecule has 1 amide bonds. The van der Waals surface area contributed by atoms with Crippen molar-refractivity contribution >= 4 is 34.1 Å². The van der Waals surface area contributed by atoms with Crippen molar-refractivity contribution < 1.29 is 4.79 Å². The molecule has 1 heterocycles. The molecule has 0 spiro atoms. The van der Waals surface area contributed by atoms with Crippen molar-refractivity contribution in [2.24, 2.45) is 0 Å². The van der Waals surface area contributed by atoms with E-state index in [4.69, 9.17) is 9.97 Å². The molecule has 0 saturated carbocycles. The third-order valence-electron chi connectivity index (χ3n) is 6.10. The van der Waals surface area contributed by atoms with Gasteiger partial charge >= 0.3 is 0 Å². The average Bonchev–Trinajstić information content (AvgIpc) is 2.91. The van der Waals surface area contributed by atoms with E-state index in [2.05, 4.69) is 21.6 Å². The van der Waals surface area contributed by atoms with Crippen LogP contribution in [0.25, 0.3) is 22.2 Å². The van der Waals surface area contributed by atoms with E-state index in [0.29, 0.717) is 11.5 Å². The first kappa shape index (κ1) is 24.2. The number of amides is 1. The molecular formula is C31H29N5O. The fourth-order valence-electron chi connectivity index (χ4n) is 4.24. The van der Waals surface area contributed by atoms with Gasteiger partial charge in [0.2, 0.25) is 5.95 Å². The number of para-hydroxylation sites is 1. The molecule has 0 radical (unpaired) electrons. The highest BCUT2D eigenvalue weighted by Crippen LogP contribution is 2.28. The Balaban J connectivity index is 1.35. The molecule has 0 unspecified atom stereocenters. The van der Waals surface area contributed by atoms with E-state index >= 15 is 0 Å². The molecule has 5 aromatic rings. The van der Waals surface area contributed by atoms with E-state index in [-0.39, 0.29) is 5.91 Å². The number of aryl methyl sites for hydroxylation is 1. The molecule has 0 aliphatic carbocycles. The van der Waals surface area contributed by atoms with Gasteiger partial charge in [-0.05, 0) is 68.5 Å². The highest BCUT2D eigenvalue weighted by atomic mass is 16.1. The minimum Gasteiger partial charge on any atom is -0.324 e. The van der Waals surface area contributed by atoms with E-state index in [0.717, 1.165) is 51.2 Å². The highest BCUT2D eigenvalue weighted by molar-refractivity contribution is 6.05. The van der Waals surface area contributed by atoms with Crippen LogP contribution in [-0.2, 0) is 6.54 Å². The maximum Gasteiger partial charge on any atom is 0.255 e. The molecule has 0 atom stereocenters. The first-order chi connectivity index (χ1) is 18.0. The van der Waals surface area contributed by atoms with Crippen LogP contribution in [0.3, 0.4) is 0 Å². The van der Waals surface area contributed by atoms with Gasteiger partial charge in [0.1, 0.15) is 0 Å². The molecule has 37 heavy (non-hydrogen) atoms. The van der Waals surface area contributed by atoms with Crippen LogP contribution in [0.1, 0.15) is 21.5 Å². The van der Waals surface area contributed by atoms with Gasteiger partial charge in [-0.3, -0.25) is 4.79 Å². The Labute approximate surface area is 217 Å². The maximum absolute atomic E-state index is 13.0. The number of hydrogen-bond acceptors (Lipinski definition) is 5. The number of anilines is 3. The number of carbonyl (C=O) groups is 1. The predicted molar refractivity (Wildman–Crippen MR) is 151 cm³/mol. The summed E-state index contributed by atoms with van der Waals surface area (Å²) in [6.07, 6.45) is 0. The number of benzene rings is 4. The summed E-state index contributed by atoms with van der Waals surface area (Å²) in [6, 6.07) is 31.6. The van der Waals surface area contributed by atoms with Crippen LogP contribution in [0.15, 0.2) is 97.1 Å². The second kappa shape index (κ2) is 10.6. The predicted octanol–water partition coefficient (Wildman–Crippen LogP) is 6.66. The zero-order valence-electron chi connectivity index (χ0n) is 21.2. The van der Waals surface area contributed by atoms with Crippen LogP contribution in [0.4, 0.5) is 17.3 Å². The lowest BCUT2D eigenvalue weighted by Crippen LogP contribution is -2.14. The minimum absolute atomic E-state index is 0.148. The average molecular weight is 488 g/mol. The molecule has 0 aliphatic heterocycles. The van der Waals surface area contributed by atoms with Gasteiger partial charge in [0, 0.05) is 34.4 Å². The Morgan fingerprint density at radius 2 is 1.57 bits per heavy atom. The van der Waals surface area contributed by atoms with Crippen molar-refractivity contribution in [2.75, 3.05) is 24.7 Å². The molecule has 6 nitrogen and oxygen atoms in total. The van der Waals surface area contributed by atoms with Gasteiger partial charge in [0.15, 0.2) is 0 Å². The number of hydrogen-bond donors (Lipinski definition) is 2. The smallest absolute Gasteiger partial charge is 0.255 e. The van der Waals surface area contributed by atoms with Crippen LogP contribution in [-0.4, -0.2) is 34.9 Å². The normalized spacial score (nSPS) is 11.0. The van der Waals surface area contributed by atoms with Crippen LogP contribution in [0.2, 0.25) is 0 Å². The summed E-state index contributed by atoms with van der Waals surface area (Å²) in [4.78, 5) is 24.6. The molecule has 184 valence electrons. The van der Waals surface area contributed by atoms with Crippen molar-refractivity contribution in [3.63, 3.8) is 0 Å². The fourth-order valence-corrected chi connectivity index (χ4v) is 4.24. The van der Waals surface area contributed by atoms with E-state index in [1.54, 1.807) is 12.1 Å². The van der Waals surface area contributed by atoms with Crippen molar-refractivity contribution in [1.29, 1.82) is 0 Å². The van der Waals surface area contributed by atoms with E-state index in [1.807, 2.05) is 99.9 Å². The van der Waals surface area contributed by atoms with Crippen LogP contribution < -0.4 is 10.6 Å². The molecular weight excluding hydrogens is 458 g/mol. The first-order valence-corrected chi connectivity index (χ1v) is 12.2. The van der Waals surface area contributed by atoms with Gasteiger partial charge < -0.3 is 15.5 Å². The number of fused-ring (bicyclic) bond motifs is 1. The Morgan fingerprint density at radius 1 is 0.838 bits per heavy atom. The topological polar surface area (TPSA) is 70.2 Å². The fraction of sp³-hybridized carbons (Fsp3) is 0.129. The lowest BCUT2D eigenvalue weighted by molar-refractivity contribution is 0.102. The number of nitrogens with zero attached hydrogens (tertiary/aromatic N) is 3. The molecule has 6 heteroatoms. The zero-order valence-corrected chi connectivity index (χ0v) is 21.2. The summed E-state index contributed by atoms with van der Waals surface area (Å²) in [5.41, 5.74) is 7.14. The third kappa shape index (κ3) is 5.66. The highest BCUT2D eigenvalue weighted by Gasteiger charge is 2.12. The van der Waals surface area contributed by atoms with Crippen molar-refractivity contribution in [3.8, 4) is 11.3 Å². The third-order valence-corrected chi connectivity index (χ3v) is 6.10. The molecule has 0 fully saturated rings. The van der Waals surface area contributed by atoms with Gasteiger partial charge in [-0.25, -0.2) is 9.97 Å². The lowest BCUT2D eigenvalue weighted by atomic mass is 10.1.